The van der Waals surface area contributed by atoms with E-state index in [4.69, 9.17) is 0 Å². The van der Waals surface area contributed by atoms with Crippen molar-refractivity contribution < 1.29 is 8.42 Å². The van der Waals surface area contributed by atoms with Crippen LogP contribution in [0, 0.1) is 12.8 Å². The highest BCUT2D eigenvalue weighted by Gasteiger charge is 2.22. The number of aryl methyl sites for hydroxylation is 1. The first-order valence-corrected chi connectivity index (χ1v) is 8.34. The molecule has 18 heavy (non-hydrogen) atoms. The summed E-state index contributed by atoms with van der Waals surface area (Å²) in [5.41, 5.74) is 1.02. The van der Waals surface area contributed by atoms with Crippen LogP contribution in [0.25, 0.3) is 0 Å². The maximum Gasteiger partial charge on any atom is 0.241 e. The maximum absolute atomic E-state index is 12.3. The SMILES string of the molecule is CCC(NS(=O)(=O)c1ccc(C)cc1Br)C(C)C. The highest BCUT2D eigenvalue weighted by molar-refractivity contribution is 9.10. The van der Waals surface area contributed by atoms with E-state index < -0.39 is 10.0 Å². The van der Waals surface area contributed by atoms with Crippen molar-refractivity contribution in [3.05, 3.63) is 28.2 Å². The lowest BCUT2D eigenvalue weighted by Gasteiger charge is -2.21. The molecule has 1 rings (SSSR count). The number of halogens is 1. The molecule has 1 aromatic carbocycles. The van der Waals surface area contributed by atoms with E-state index in [-0.39, 0.29) is 12.0 Å². The van der Waals surface area contributed by atoms with Crippen LogP contribution in [-0.2, 0) is 10.0 Å². The molecule has 0 aliphatic rings. The fraction of sp³-hybridized carbons (Fsp3) is 0.538. The maximum atomic E-state index is 12.3. The Bertz CT molecular complexity index is 512. The van der Waals surface area contributed by atoms with Gasteiger partial charge in [-0.25, -0.2) is 13.1 Å². The Morgan fingerprint density at radius 2 is 1.94 bits per heavy atom. The van der Waals surface area contributed by atoms with Gasteiger partial charge in [-0.1, -0.05) is 26.8 Å². The molecule has 0 fully saturated rings. The molecule has 0 amide bonds. The van der Waals surface area contributed by atoms with Crippen LogP contribution >= 0.6 is 15.9 Å². The third kappa shape index (κ3) is 3.80. The van der Waals surface area contributed by atoms with Gasteiger partial charge in [0, 0.05) is 10.5 Å². The molecule has 0 aliphatic carbocycles. The van der Waals surface area contributed by atoms with Gasteiger partial charge in [-0.05, 0) is 52.9 Å². The zero-order valence-corrected chi connectivity index (χ0v) is 13.6. The van der Waals surface area contributed by atoms with E-state index >= 15 is 0 Å². The van der Waals surface area contributed by atoms with Crippen LogP contribution in [-0.4, -0.2) is 14.5 Å². The van der Waals surface area contributed by atoms with Crippen LogP contribution in [0.1, 0.15) is 32.8 Å². The smallest absolute Gasteiger partial charge is 0.208 e. The number of benzene rings is 1. The van der Waals surface area contributed by atoms with E-state index in [0.717, 1.165) is 12.0 Å². The van der Waals surface area contributed by atoms with Gasteiger partial charge in [0.15, 0.2) is 0 Å². The minimum absolute atomic E-state index is 0.0387. The predicted molar refractivity (Wildman–Crippen MR) is 78.1 cm³/mol. The van der Waals surface area contributed by atoms with Crippen LogP contribution < -0.4 is 4.72 Å². The largest absolute Gasteiger partial charge is 0.241 e. The Kier molecular flexibility index (Phi) is 5.37. The molecule has 0 aromatic heterocycles. The summed E-state index contributed by atoms with van der Waals surface area (Å²) in [5.74, 6) is 0.272. The van der Waals surface area contributed by atoms with Gasteiger partial charge in [-0.3, -0.25) is 0 Å². The molecule has 5 heteroatoms. The van der Waals surface area contributed by atoms with Gasteiger partial charge in [0.1, 0.15) is 0 Å². The van der Waals surface area contributed by atoms with Gasteiger partial charge in [-0.15, -0.1) is 0 Å². The minimum Gasteiger partial charge on any atom is -0.208 e. The molecular weight excluding hydrogens is 314 g/mol. The Balaban J connectivity index is 3.06. The fourth-order valence-electron chi connectivity index (χ4n) is 1.78. The Morgan fingerprint density at radius 3 is 2.39 bits per heavy atom. The number of nitrogens with one attached hydrogen (secondary N) is 1. The van der Waals surface area contributed by atoms with Gasteiger partial charge in [-0.2, -0.15) is 0 Å². The van der Waals surface area contributed by atoms with Crippen molar-refractivity contribution in [2.24, 2.45) is 5.92 Å². The van der Waals surface area contributed by atoms with Crippen LogP contribution in [0.2, 0.25) is 0 Å². The lowest BCUT2D eigenvalue weighted by atomic mass is 10.0. The Morgan fingerprint density at radius 1 is 1.33 bits per heavy atom. The van der Waals surface area contributed by atoms with Crippen LogP contribution in [0.5, 0.6) is 0 Å². The lowest BCUT2D eigenvalue weighted by molar-refractivity contribution is 0.437. The fourth-order valence-corrected chi connectivity index (χ4v) is 4.44. The molecule has 0 saturated heterocycles. The second-order valence-corrected chi connectivity index (χ2v) is 7.35. The molecule has 102 valence electrons. The van der Waals surface area contributed by atoms with Gasteiger partial charge in [0.05, 0.1) is 4.90 Å². The van der Waals surface area contributed by atoms with Gasteiger partial charge >= 0.3 is 0 Å². The lowest BCUT2D eigenvalue weighted by Crippen LogP contribution is -2.38. The molecule has 0 bridgehead atoms. The first-order valence-electron chi connectivity index (χ1n) is 6.06. The molecule has 0 aliphatic heterocycles. The number of sulfonamides is 1. The van der Waals surface area contributed by atoms with Gasteiger partial charge < -0.3 is 0 Å². The quantitative estimate of drug-likeness (QED) is 0.896. The topological polar surface area (TPSA) is 46.2 Å². The van der Waals surface area contributed by atoms with E-state index in [1.54, 1.807) is 12.1 Å². The average Bonchev–Trinajstić information content (AvgIpc) is 2.24. The summed E-state index contributed by atoms with van der Waals surface area (Å²) in [6.07, 6.45) is 0.778. The third-order valence-corrected chi connectivity index (χ3v) is 5.39. The van der Waals surface area contributed by atoms with Crippen molar-refractivity contribution in [2.75, 3.05) is 0 Å². The molecule has 1 aromatic rings. The Labute approximate surface area is 118 Å². The summed E-state index contributed by atoms with van der Waals surface area (Å²) in [6.45, 7) is 7.94. The van der Waals surface area contributed by atoms with Crippen LogP contribution in [0.4, 0.5) is 0 Å². The summed E-state index contributed by atoms with van der Waals surface area (Å²) in [6, 6.07) is 5.21. The number of hydrogen-bond donors (Lipinski definition) is 1. The summed E-state index contributed by atoms with van der Waals surface area (Å²) < 4.78 is 28.0. The third-order valence-electron chi connectivity index (χ3n) is 2.93. The highest BCUT2D eigenvalue weighted by Crippen LogP contribution is 2.23. The van der Waals surface area contributed by atoms with Crippen molar-refractivity contribution in [2.45, 2.75) is 45.1 Å². The molecular formula is C13H20BrNO2S. The second-order valence-electron chi connectivity index (χ2n) is 4.81. The zero-order chi connectivity index (χ0) is 13.9. The van der Waals surface area contributed by atoms with E-state index in [2.05, 4.69) is 20.7 Å². The predicted octanol–water partition coefficient (Wildman–Crippen LogP) is 3.47. The van der Waals surface area contributed by atoms with E-state index in [1.807, 2.05) is 33.8 Å². The monoisotopic (exact) mass is 333 g/mol. The van der Waals surface area contributed by atoms with Gasteiger partial charge in [0.2, 0.25) is 10.0 Å². The second kappa shape index (κ2) is 6.17. The van der Waals surface area contributed by atoms with Gasteiger partial charge in [0.25, 0.3) is 0 Å². The molecule has 1 unspecified atom stereocenters. The highest BCUT2D eigenvalue weighted by atomic mass is 79.9. The molecule has 0 spiro atoms. The summed E-state index contributed by atoms with van der Waals surface area (Å²) in [7, 11) is -3.46. The van der Waals surface area contributed by atoms with Crippen molar-refractivity contribution in [3.8, 4) is 0 Å². The normalized spacial score (nSPS) is 13.9. The standard InChI is InChI=1S/C13H20BrNO2S/c1-5-12(9(2)3)15-18(16,17)13-7-6-10(4)8-11(13)14/h6-9,12,15H,5H2,1-4H3. The molecule has 0 radical (unpaired) electrons. The molecule has 0 heterocycles. The van der Waals surface area contributed by atoms with Crippen LogP contribution in [0.15, 0.2) is 27.6 Å². The van der Waals surface area contributed by atoms with Crippen molar-refractivity contribution >= 4 is 26.0 Å². The first kappa shape index (κ1) is 15.7. The van der Waals surface area contributed by atoms with Crippen molar-refractivity contribution in [3.63, 3.8) is 0 Å². The first-order chi connectivity index (χ1) is 8.27. The number of rotatable bonds is 5. The van der Waals surface area contributed by atoms with E-state index in [0.29, 0.717) is 9.37 Å². The molecule has 1 N–H and O–H groups in total. The Hall–Kier alpha value is -0.390. The van der Waals surface area contributed by atoms with Crippen molar-refractivity contribution in [1.82, 2.24) is 4.72 Å². The van der Waals surface area contributed by atoms with E-state index in [1.165, 1.54) is 0 Å². The average molecular weight is 334 g/mol. The summed E-state index contributed by atoms with van der Waals surface area (Å²) >= 11 is 3.31. The summed E-state index contributed by atoms with van der Waals surface area (Å²) in [4.78, 5) is 0.298. The summed E-state index contributed by atoms with van der Waals surface area (Å²) in [5, 5.41) is 0. The molecule has 1 atom stereocenters. The number of hydrogen-bond acceptors (Lipinski definition) is 2. The molecule has 0 saturated carbocycles. The van der Waals surface area contributed by atoms with E-state index in [9.17, 15) is 8.42 Å². The minimum atomic E-state index is -3.46. The zero-order valence-electron chi connectivity index (χ0n) is 11.2. The van der Waals surface area contributed by atoms with Crippen molar-refractivity contribution in [1.29, 1.82) is 0 Å². The van der Waals surface area contributed by atoms with Crippen LogP contribution in [0.3, 0.4) is 0 Å². The molecule has 3 nitrogen and oxygen atoms in total.